The molecule has 0 aliphatic rings. The fourth-order valence-electron chi connectivity index (χ4n) is 0.935. The lowest BCUT2D eigenvalue weighted by atomic mass is 10.2. The van der Waals surface area contributed by atoms with Gasteiger partial charge in [-0.15, -0.1) is 0 Å². The summed E-state index contributed by atoms with van der Waals surface area (Å²) >= 11 is 5.51. The first-order chi connectivity index (χ1) is 6.38. The van der Waals surface area contributed by atoms with Crippen LogP contribution in [0, 0.1) is 5.82 Å². The lowest BCUT2D eigenvalue weighted by Crippen LogP contribution is -2.01. The second kappa shape index (κ2) is 4.47. The average molecular weight is 257 g/mol. The van der Waals surface area contributed by atoms with Crippen molar-refractivity contribution >= 4 is 31.3 Å². The van der Waals surface area contributed by atoms with Gasteiger partial charge in [0.2, 0.25) is 9.05 Å². The molecule has 14 heavy (non-hydrogen) atoms. The minimum Gasteiger partial charge on any atom is -0.212 e. The molecule has 0 fully saturated rings. The van der Waals surface area contributed by atoms with Crippen LogP contribution in [0.3, 0.4) is 0 Å². The lowest BCUT2D eigenvalue weighted by molar-refractivity contribution is 0.608. The van der Waals surface area contributed by atoms with E-state index in [4.69, 9.17) is 22.3 Å². The predicted molar refractivity (Wildman–Crippen MR) is 54.8 cm³/mol. The fourth-order valence-corrected chi connectivity index (χ4v) is 1.85. The molecule has 1 rings (SSSR count). The zero-order chi connectivity index (χ0) is 10.8. The third kappa shape index (κ3) is 3.82. The Morgan fingerprint density at radius 2 is 2.00 bits per heavy atom. The van der Waals surface area contributed by atoms with Gasteiger partial charge >= 0.3 is 0 Å². The summed E-state index contributed by atoms with van der Waals surface area (Å²) in [4.78, 5) is 0. The van der Waals surface area contributed by atoms with E-state index < -0.39 is 14.9 Å². The maximum atomic E-state index is 12.7. The fraction of sp³-hybridized carbons (Fsp3) is 0.250. The Balaban J connectivity index is 2.74. The number of hydrogen-bond acceptors (Lipinski definition) is 2. The third-order valence-corrected chi connectivity index (χ3v) is 3.06. The number of aryl methyl sites for hydroxylation is 1. The predicted octanol–water partition coefficient (Wildman–Crippen LogP) is 2.59. The molecule has 0 bridgehead atoms. The van der Waals surface area contributed by atoms with E-state index in [1.807, 2.05) is 0 Å². The molecule has 0 saturated carbocycles. The van der Waals surface area contributed by atoms with Crippen molar-refractivity contribution in [2.45, 2.75) is 6.42 Å². The van der Waals surface area contributed by atoms with Crippen LogP contribution in [-0.2, 0) is 15.5 Å². The molecule has 0 aliphatic heterocycles. The smallest absolute Gasteiger partial charge is 0.212 e. The molecule has 0 radical (unpaired) electrons. The quantitative estimate of drug-likeness (QED) is 0.780. The van der Waals surface area contributed by atoms with Crippen LogP contribution in [0.5, 0.6) is 0 Å². The maximum absolute atomic E-state index is 12.7. The molecule has 2 nitrogen and oxygen atoms in total. The maximum Gasteiger partial charge on any atom is 0.232 e. The summed E-state index contributed by atoms with van der Waals surface area (Å²) in [6, 6.07) is 4.06. The van der Waals surface area contributed by atoms with Gasteiger partial charge in [-0.05, 0) is 24.1 Å². The largest absolute Gasteiger partial charge is 0.232 e. The minimum absolute atomic E-state index is 0.0190. The van der Waals surface area contributed by atoms with Crippen molar-refractivity contribution in [3.05, 3.63) is 34.6 Å². The summed E-state index contributed by atoms with van der Waals surface area (Å²) in [6.45, 7) is 0. The molecule has 1 aromatic carbocycles. The standard InChI is InChI=1S/C8H7Cl2FO2S/c9-7-5-6(1-2-8(7)11)3-4-14(10,12)13/h1-2,5H,3-4H2. The average Bonchev–Trinajstić information content (AvgIpc) is 2.06. The minimum atomic E-state index is -3.51. The highest BCUT2D eigenvalue weighted by molar-refractivity contribution is 8.13. The van der Waals surface area contributed by atoms with Crippen LogP contribution in [0.4, 0.5) is 4.39 Å². The van der Waals surface area contributed by atoms with Crippen molar-refractivity contribution in [1.82, 2.24) is 0 Å². The van der Waals surface area contributed by atoms with Gasteiger partial charge in [-0.25, -0.2) is 12.8 Å². The molecule has 0 saturated heterocycles. The summed E-state index contributed by atoms with van der Waals surface area (Å²) in [5.74, 6) is -0.708. The van der Waals surface area contributed by atoms with Crippen LogP contribution in [0.2, 0.25) is 5.02 Å². The van der Waals surface area contributed by atoms with Crippen molar-refractivity contribution in [3.8, 4) is 0 Å². The molecule has 0 unspecified atom stereocenters. The highest BCUT2D eigenvalue weighted by Gasteiger charge is 2.07. The van der Waals surface area contributed by atoms with E-state index in [0.29, 0.717) is 5.56 Å². The van der Waals surface area contributed by atoms with Crippen LogP contribution in [0.25, 0.3) is 0 Å². The summed E-state index contributed by atoms with van der Waals surface area (Å²) < 4.78 is 33.9. The number of halogens is 3. The first-order valence-electron chi connectivity index (χ1n) is 3.75. The van der Waals surface area contributed by atoms with Gasteiger partial charge in [0.05, 0.1) is 10.8 Å². The van der Waals surface area contributed by atoms with E-state index in [9.17, 15) is 12.8 Å². The lowest BCUT2D eigenvalue weighted by Gasteiger charge is -2.00. The topological polar surface area (TPSA) is 34.1 Å². The van der Waals surface area contributed by atoms with Crippen LogP contribution in [0.15, 0.2) is 18.2 Å². The molecule has 0 atom stereocenters. The zero-order valence-electron chi connectivity index (χ0n) is 7.00. The van der Waals surface area contributed by atoms with Gasteiger partial charge in [0, 0.05) is 10.7 Å². The molecule has 0 N–H and O–H groups in total. The Morgan fingerprint density at radius 1 is 1.36 bits per heavy atom. The van der Waals surface area contributed by atoms with E-state index in [2.05, 4.69) is 0 Å². The van der Waals surface area contributed by atoms with E-state index in [0.717, 1.165) is 0 Å². The van der Waals surface area contributed by atoms with Gasteiger partial charge in [0.1, 0.15) is 5.82 Å². The van der Waals surface area contributed by atoms with E-state index in [1.54, 1.807) is 0 Å². The molecule has 0 aromatic heterocycles. The monoisotopic (exact) mass is 256 g/mol. The second-order valence-corrected chi connectivity index (χ2v) is 6.05. The Bertz CT molecular complexity index is 431. The van der Waals surface area contributed by atoms with Gasteiger partial charge in [-0.1, -0.05) is 17.7 Å². The Hall–Kier alpha value is -0.320. The van der Waals surface area contributed by atoms with Crippen LogP contribution in [0.1, 0.15) is 5.56 Å². The first-order valence-corrected chi connectivity index (χ1v) is 6.60. The number of rotatable bonds is 3. The first kappa shape index (κ1) is 11.8. The van der Waals surface area contributed by atoms with Crippen molar-refractivity contribution in [2.75, 3.05) is 5.75 Å². The van der Waals surface area contributed by atoms with Crippen molar-refractivity contribution in [2.24, 2.45) is 0 Å². The molecule has 1 aromatic rings. The number of benzene rings is 1. The van der Waals surface area contributed by atoms with Crippen LogP contribution >= 0.6 is 22.3 Å². The molecule has 0 aliphatic carbocycles. The van der Waals surface area contributed by atoms with Gasteiger partial charge in [0.15, 0.2) is 0 Å². The van der Waals surface area contributed by atoms with E-state index in [1.165, 1.54) is 18.2 Å². The summed E-state index contributed by atoms with van der Waals surface area (Å²) in [7, 11) is 1.51. The molecule has 78 valence electrons. The Labute approximate surface area is 91.1 Å². The van der Waals surface area contributed by atoms with Crippen molar-refractivity contribution < 1.29 is 12.8 Å². The SMILES string of the molecule is O=S(=O)(Cl)CCc1ccc(F)c(Cl)c1. The van der Waals surface area contributed by atoms with Crippen LogP contribution in [-0.4, -0.2) is 14.2 Å². The summed E-state index contributed by atoms with van der Waals surface area (Å²) in [6.07, 6.45) is 0.228. The van der Waals surface area contributed by atoms with Gasteiger partial charge in [-0.2, -0.15) is 0 Å². The van der Waals surface area contributed by atoms with Gasteiger partial charge in [-0.3, -0.25) is 0 Å². The second-order valence-electron chi connectivity index (χ2n) is 2.74. The highest BCUT2D eigenvalue weighted by Crippen LogP contribution is 2.16. The number of hydrogen-bond donors (Lipinski definition) is 0. The van der Waals surface area contributed by atoms with Crippen molar-refractivity contribution in [3.63, 3.8) is 0 Å². The van der Waals surface area contributed by atoms with Crippen molar-refractivity contribution in [1.29, 1.82) is 0 Å². The normalized spacial score (nSPS) is 11.6. The summed E-state index contributed by atoms with van der Waals surface area (Å²) in [5.41, 5.74) is 0.639. The summed E-state index contributed by atoms with van der Waals surface area (Å²) in [5, 5.41) is -0.0190. The molecule has 0 amide bonds. The van der Waals surface area contributed by atoms with Crippen LogP contribution < -0.4 is 0 Å². The zero-order valence-corrected chi connectivity index (χ0v) is 9.33. The van der Waals surface area contributed by atoms with E-state index in [-0.39, 0.29) is 17.2 Å². The Morgan fingerprint density at radius 3 is 2.50 bits per heavy atom. The van der Waals surface area contributed by atoms with Gasteiger partial charge < -0.3 is 0 Å². The highest BCUT2D eigenvalue weighted by atomic mass is 35.7. The third-order valence-electron chi connectivity index (χ3n) is 1.62. The molecule has 0 spiro atoms. The van der Waals surface area contributed by atoms with Gasteiger partial charge in [0.25, 0.3) is 0 Å². The molecular formula is C8H7Cl2FO2S. The Kier molecular flexibility index (Phi) is 3.75. The molecular weight excluding hydrogens is 250 g/mol. The molecule has 6 heteroatoms. The molecule has 0 heterocycles. The van der Waals surface area contributed by atoms with E-state index >= 15 is 0 Å².